The van der Waals surface area contributed by atoms with Gasteiger partial charge in [-0.15, -0.1) is 22.7 Å². The number of nitrogens with zero attached hydrogens (tertiary/aromatic N) is 6. The normalized spacial score (nSPS) is 14.4. The molecule has 4 heterocycles. The van der Waals surface area contributed by atoms with E-state index in [1.54, 1.807) is 76.7 Å². The molecule has 0 spiro atoms. The Balaban J connectivity index is 0.000000197. The summed E-state index contributed by atoms with van der Waals surface area (Å²) in [5, 5.41) is 14.1. The number of hydrogen-bond acceptors (Lipinski definition) is 11. The van der Waals surface area contributed by atoms with Crippen molar-refractivity contribution in [3.05, 3.63) is 136 Å². The minimum Gasteiger partial charge on any atom is -0.495 e. The summed E-state index contributed by atoms with van der Waals surface area (Å²) in [4.78, 5) is 68.9. The molecule has 0 bridgehead atoms. The van der Waals surface area contributed by atoms with E-state index in [2.05, 4.69) is 9.97 Å². The number of halogens is 6. The minimum atomic E-state index is -0.547. The Bertz CT molecular complexity index is 2820. The highest BCUT2D eigenvalue weighted by Crippen LogP contribution is 2.40. The molecule has 2 aliphatic heterocycles. The van der Waals surface area contributed by atoms with Gasteiger partial charge in [0.15, 0.2) is 10.3 Å². The zero-order valence-electron chi connectivity index (χ0n) is 35.2. The average Bonchev–Trinajstić information content (AvgIpc) is 4.14. The van der Waals surface area contributed by atoms with Crippen molar-refractivity contribution in [1.82, 2.24) is 19.8 Å². The molecule has 2 fully saturated rings. The van der Waals surface area contributed by atoms with Crippen molar-refractivity contribution >= 4 is 138 Å². The lowest BCUT2D eigenvalue weighted by Crippen LogP contribution is -2.30. The van der Waals surface area contributed by atoms with Crippen LogP contribution < -0.4 is 19.3 Å². The number of aromatic nitrogens is 2. The van der Waals surface area contributed by atoms with E-state index in [1.165, 1.54) is 64.9 Å². The summed E-state index contributed by atoms with van der Waals surface area (Å²) in [7, 11) is 2.96. The molecular formula is C45H38Cl6N6O7S2. The molecule has 0 aliphatic carbocycles. The number of benzene rings is 4. The van der Waals surface area contributed by atoms with Gasteiger partial charge in [0.05, 0.1) is 62.9 Å². The van der Waals surface area contributed by atoms with Crippen LogP contribution in [0.2, 0.25) is 30.1 Å². The van der Waals surface area contributed by atoms with Crippen molar-refractivity contribution in [3.8, 4) is 11.5 Å². The molecule has 0 radical (unpaired) electrons. The van der Waals surface area contributed by atoms with Crippen molar-refractivity contribution in [3.63, 3.8) is 0 Å². The fraction of sp³-hybridized carbons (Fsp3) is 0.244. The Kier molecular flexibility index (Phi) is 16.1. The van der Waals surface area contributed by atoms with Gasteiger partial charge in [0.25, 0.3) is 23.6 Å². The lowest BCUT2D eigenvalue weighted by atomic mass is 10.2. The lowest BCUT2D eigenvalue weighted by Gasteiger charge is -2.22. The molecule has 2 saturated heterocycles. The number of carbonyl (C=O) groups excluding carboxylic acids is 4. The maximum Gasteiger partial charge on any atom is 0.273 e. The predicted octanol–water partition coefficient (Wildman–Crippen LogP) is 11.9. The third-order valence-corrected chi connectivity index (χ3v) is 13.9. The van der Waals surface area contributed by atoms with Gasteiger partial charge in [0.2, 0.25) is 0 Å². The summed E-state index contributed by atoms with van der Waals surface area (Å²) >= 11 is 39.4. The van der Waals surface area contributed by atoms with Gasteiger partial charge >= 0.3 is 0 Å². The van der Waals surface area contributed by atoms with Crippen LogP contribution in [0.1, 0.15) is 65.8 Å². The smallest absolute Gasteiger partial charge is 0.273 e. The summed E-state index contributed by atoms with van der Waals surface area (Å²) in [5.41, 5.74) is 1.89. The maximum atomic E-state index is 13.7. The number of carbonyl (C=O) groups is 4. The first kappa shape index (κ1) is 49.2. The number of aliphatic hydroxyl groups excluding tert-OH is 1. The van der Waals surface area contributed by atoms with Gasteiger partial charge in [-0.2, -0.15) is 0 Å². The van der Waals surface area contributed by atoms with E-state index in [1.807, 2.05) is 0 Å². The number of β-amino-alcohol motifs (C(OH)–C–C–N with tert-alkyl or cyclic N) is 1. The molecule has 8 rings (SSSR count). The maximum absolute atomic E-state index is 13.7. The van der Waals surface area contributed by atoms with E-state index in [0.29, 0.717) is 84.7 Å². The SMILES string of the molecule is COc1cc(N(C(=O)c2ccc(Cl)cc2Cl)c2nc(C(=O)N3CCCC3)cs2)ccc1Cl.COc1cc(N(C(=O)c2ccc(Cl)cc2Cl)c2nc(C(=O)N3CC[C@@H](O)C3)c(C)s2)ccc1Cl. The van der Waals surface area contributed by atoms with Crippen molar-refractivity contribution in [1.29, 1.82) is 0 Å². The van der Waals surface area contributed by atoms with Gasteiger partial charge in [0, 0.05) is 58.6 Å². The van der Waals surface area contributed by atoms with Crippen LogP contribution in [0.4, 0.5) is 21.6 Å². The first-order valence-corrected chi connectivity index (χ1v) is 24.0. The Morgan fingerprint density at radius 3 is 1.68 bits per heavy atom. The number of anilines is 4. The average molecular weight is 1050 g/mol. The number of aliphatic hydroxyl groups is 1. The number of hydrogen-bond donors (Lipinski definition) is 1. The van der Waals surface area contributed by atoms with Crippen LogP contribution in [0.3, 0.4) is 0 Å². The number of rotatable bonds is 10. The molecule has 0 unspecified atom stereocenters. The van der Waals surface area contributed by atoms with Crippen LogP contribution in [-0.2, 0) is 0 Å². The minimum absolute atomic E-state index is 0.143. The number of ether oxygens (including phenoxy) is 2. The van der Waals surface area contributed by atoms with Crippen LogP contribution in [0.25, 0.3) is 0 Å². The summed E-state index contributed by atoms with van der Waals surface area (Å²) in [6.07, 6.45) is 1.93. The molecule has 4 amide bonds. The number of amides is 4. The summed E-state index contributed by atoms with van der Waals surface area (Å²) in [5.74, 6) is -0.553. The van der Waals surface area contributed by atoms with Crippen molar-refractivity contribution in [2.75, 3.05) is 50.2 Å². The quantitative estimate of drug-likeness (QED) is 0.142. The van der Waals surface area contributed by atoms with Crippen LogP contribution >= 0.6 is 92.3 Å². The molecule has 6 aromatic rings. The highest BCUT2D eigenvalue weighted by molar-refractivity contribution is 7.16. The second-order valence-electron chi connectivity index (χ2n) is 14.8. The van der Waals surface area contributed by atoms with Crippen LogP contribution in [0.5, 0.6) is 11.5 Å². The van der Waals surface area contributed by atoms with Crippen molar-refractivity contribution < 1.29 is 33.8 Å². The van der Waals surface area contributed by atoms with Crippen LogP contribution in [-0.4, -0.2) is 95.0 Å². The molecule has 66 heavy (non-hydrogen) atoms. The van der Waals surface area contributed by atoms with E-state index in [0.717, 1.165) is 12.8 Å². The Morgan fingerprint density at radius 2 is 1.20 bits per heavy atom. The lowest BCUT2D eigenvalue weighted by molar-refractivity contribution is 0.0757. The largest absolute Gasteiger partial charge is 0.495 e. The molecule has 0 saturated carbocycles. The zero-order chi connectivity index (χ0) is 47.4. The third-order valence-electron chi connectivity index (χ3n) is 10.4. The highest BCUT2D eigenvalue weighted by Gasteiger charge is 2.32. The van der Waals surface area contributed by atoms with Crippen LogP contribution in [0, 0.1) is 6.92 Å². The Labute approximate surface area is 417 Å². The predicted molar refractivity (Wildman–Crippen MR) is 263 cm³/mol. The molecule has 13 nitrogen and oxygen atoms in total. The van der Waals surface area contributed by atoms with Gasteiger partial charge in [-0.05, 0) is 86.8 Å². The number of aryl methyl sites for hydroxylation is 1. The fourth-order valence-corrected chi connectivity index (χ4v) is 10.2. The topological polar surface area (TPSA) is 146 Å². The van der Waals surface area contributed by atoms with Crippen molar-refractivity contribution in [2.24, 2.45) is 0 Å². The molecule has 21 heteroatoms. The highest BCUT2D eigenvalue weighted by atomic mass is 35.5. The fourth-order valence-electron chi connectivity index (χ4n) is 7.07. The van der Waals surface area contributed by atoms with Gasteiger partial charge in [-0.25, -0.2) is 9.97 Å². The van der Waals surface area contributed by atoms with E-state index in [-0.39, 0.29) is 50.4 Å². The van der Waals surface area contributed by atoms with Crippen molar-refractivity contribution in [2.45, 2.75) is 32.3 Å². The standard InChI is InChI=1S/C23H20Cl3N3O4S.C22H18Cl3N3O3S/c1-12-20(22(32)28-8-7-15(30)11-28)27-23(34-12)29(14-4-6-17(25)19(10-14)33-2)21(31)16-5-3-13(24)9-18(16)26;1-31-19-11-14(5-7-16(19)24)28(20(29)15-6-4-13(23)10-17(15)25)22-26-18(12-32-22)21(30)27-8-2-3-9-27/h3-6,9-10,15,30H,7-8,11H2,1-2H3;4-7,10-12H,2-3,8-9H2,1H3/t15-;/m1./s1. The molecular weight excluding hydrogens is 1010 g/mol. The summed E-state index contributed by atoms with van der Waals surface area (Å²) in [6.45, 7) is 3.89. The Morgan fingerprint density at radius 1 is 0.667 bits per heavy atom. The van der Waals surface area contributed by atoms with Gasteiger partial charge in [0.1, 0.15) is 22.9 Å². The summed E-state index contributed by atoms with van der Waals surface area (Å²) < 4.78 is 10.6. The zero-order valence-corrected chi connectivity index (χ0v) is 41.4. The number of thiazole rings is 2. The second kappa shape index (κ2) is 21.5. The first-order chi connectivity index (χ1) is 31.6. The molecule has 344 valence electrons. The van der Waals surface area contributed by atoms with E-state index >= 15 is 0 Å². The van der Waals surface area contributed by atoms with E-state index < -0.39 is 17.9 Å². The van der Waals surface area contributed by atoms with Gasteiger partial charge in [-0.3, -0.25) is 29.0 Å². The van der Waals surface area contributed by atoms with Gasteiger partial charge < -0.3 is 24.4 Å². The van der Waals surface area contributed by atoms with E-state index in [4.69, 9.17) is 79.1 Å². The molecule has 1 atom stereocenters. The van der Waals surface area contributed by atoms with Gasteiger partial charge in [-0.1, -0.05) is 69.6 Å². The monoisotopic (exact) mass is 1050 g/mol. The van der Waals surface area contributed by atoms with E-state index in [9.17, 15) is 24.3 Å². The summed E-state index contributed by atoms with van der Waals surface area (Å²) in [6, 6.07) is 19.0. The molecule has 2 aromatic heterocycles. The first-order valence-electron chi connectivity index (χ1n) is 20.0. The number of likely N-dealkylation sites (tertiary alicyclic amines) is 2. The molecule has 1 N–H and O–H groups in total. The molecule has 4 aromatic carbocycles. The van der Waals surface area contributed by atoms with Crippen LogP contribution in [0.15, 0.2) is 78.2 Å². The third kappa shape index (κ3) is 10.9. The Hall–Kier alpha value is -4.68. The molecule has 2 aliphatic rings. The number of methoxy groups -OCH3 is 2. The second-order valence-corrected chi connectivity index (χ2v) is 19.3.